The van der Waals surface area contributed by atoms with Crippen molar-refractivity contribution in [3.8, 4) is 0 Å². The molecule has 0 aliphatic carbocycles. The molecule has 4 heteroatoms. The second-order valence-electron chi connectivity index (χ2n) is 4.28. The average molecular weight is 212 g/mol. The van der Waals surface area contributed by atoms with Gasteiger partial charge in [0, 0.05) is 19.0 Å². The van der Waals surface area contributed by atoms with Gasteiger partial charge in [0.25, 0.3) is 0 Å². The Balaban J connectivity index is 2.77. The zero-order chi connectivity index (χ0) is 11.4. The van der Waals surface area contributed by atoms with Gasteiger partial charge in [0.15, 0.2) is 0 Å². The predicted octanol–water partition coefficient (Wildman–Crippen LogP) is 0.912. The normalized spacial score (nSPS) is 22.9. The number of nitrogens with one attached hydrogen (secondary N) is 1. The number of amides is 2. The Morgan fingerprint density at radius 1 is 1.47 bits per heavy atom. The molecule has 1 aliphatic rings. The van der Waals surface area contributed by atoms with Crippen LogP contribution in [0.25, 0.3) is 0 Å². The van der Waals surface area contributed by atoms with E-state index in [2.05, 4.69) is 5.32 Å². The molecule has 1 fully saturated rings. The van der Waals surface area contributed by atoms with Crippen LogP contribution in [-0.2, 0) is 9.59 Å². The Bertz CT molecular complexity index is 251. The van der Waals surface area contributed by atoms with Crippen LogP contribution in [0.3, 0.4) is 0 Å². The highest BCUT2D eigenvalue weighted by atomic mass is 16.2. The first-order valence-electron chi connectivity index (χ1n) is 5.66. The molecular formula is C11H20N2O2. The Morgan fingerprint density at radius 2 is 2.13 bits per heavy atom. The van der Waals surface area contributed by atoms with Crippen molar-refractivity contribution in [1.29, 1.82) is 0 Å². The number of nitrogens with zero attached hydrogens (tertiary/aromatic N) is 1. The smallest absolute Gasteiger partial charge is 0.245 e. The highest BCUT2D eigenvalue weighted by Crippen LogP contribution is 2.11. The zero-order valence-electron chi connectivity index (χ0n) is 9.75. The lowest BCUT2D eigenvalue weighted by molar-refractivity contribution is -0.135. The van der Waals surface area contributed by atoms with Crippen molar-refractivity contribution < 1.29 is 9.59 Å². The summed E-state index contributed by atoms with van der Waals surface area (Å²) in [5.41, 5.74) is 0. The lowest BCUT2D eigenvalue weighted by Crippen LogP contribution is -2.46. The molecule has 4 nitrogen and oxygen atoms in total. The minimum absolute atomic E-state index is 0.00931. The molecule has 0 radical (unpaired) electrons. The van der Waals surface area contributed by atoms with Crippen molar-refractivity contribution in [1.82, 2.24) is 10.2 Å². The first-order valence-corrected chi connectivity index (χ1v) is 5.66. The fourth-order valence-corrected chi connectivity index (χ4v) is 1.86. The van der Waals surface area contributed by atoms with E-state index in [4.69, 9.17) is 0 Å². The van der Waals surface area contributed by atoms with Gasteiger partial charge < -0.3 is 10.2 Å². The molecule has 0 aromatic carbocycles. The van der Waals surface area contributed by atoms with E-state index in [1.165, 1.54) is 0 Å². The summed E-state index contributed by atoms with van der Waals surface area (Å²) in [7, 11) is 0. The van der Waals surface area contributed by atoms with Crippen molar-refractivity contribution in [3.63, 3.8) is 0 Å². The molecule has 0 bridgehead atoms. The maximum absolute atomic E-state index is 12.0. The SMILES string of the molecule is CCCC1NC(=O)CCN(C(C)C)C1=O. The third-order valence-corrected chi connectivity index (χ3v) is 2.70. The largest absolute Gasteiger partial charge is 0.344 e. The standard InChI is InChI=1S/C11H20N2O2/c1-4-5-9-11(15)13(8(2)3)7-6-10(14)12-9/h8-9H,4-7H2,1-3H3,(H,12,14). The van der Waals surface area contributed by atoms with Gasteiger partial charge in [-0.1, -0.05) is 13.3 Å². The topological polar surface area (TPSA) is 49.4 Å². The number of rotatable bonds is 3. The number of hydrogen-bond acceptors (Lipinski definition) is 2. The van der Waals surface area contributed by atoms with Gasteiger partial charge in [-0.05, 0) is 20.3 Å². The molecule has 1 aliphatic heterocycles. The van der Waals surface area contributed by atoms with Gasteiger partial charge in [-0.25, -0.2) is 0 Å². The van der Waals surface area contributed by atoms with E-state index >= 15 is 0 Å². The van der Waals surface area contributed by atoms with Crippen molar-refractivity contribution in [2.24, 2.45) is 0 Å². The van der Waals surface area contributed by atoms with Gasteiger partial charge in [0.05, 0.1) is 0 Å². The minimum atomic E-state index is -0.313. The molecule has 0 aromatic heterocycles. The van der Waals surface area contributed by atoms with Gasteiger partial charge >= 0.3 is 0 Å². The van der Waals surface area contributed by atoms with Crippen LogP contribution in [0.1, 0.15) is 40.0 Å². The maximum Gasteiger partial charge on any atom is 0.245 e. The molecule has 15 heavy (non-hydrogen) atoms. The Morgan fingerprint density at radius 3 is 2.67 bits per heavy atom. The van der Waals surface area contributed by atoms with Crippen molar-refractivity contribution in [3.05, 3.63) is 0 Å². The molecule has 86 valence electrons. The van der Waals surface area contributed by atoms with E-state index in [0.717, 1.165) is 12.8 Å². The molecule has 2 amide bonds. The van der Waals surface area contributed by atoms with Crippen molar-refractivity contribution >= 4 is 11.8 Å². The van der Waals surface area contributed by atoms with Crippen LogP contribution >= 0.6 is 0 Å². The van der Waals surface area contributed by atoms with Crippen LogP contribution in [0.2, 0.25) is 0 Å². The Kier molecular flexibility index (Phi) is 4.12. The minimum Gasteiger partial charge on any atom is -0.344 e. The molecule has 0 saturated carbocycles. The quantitative estimate of drug-likeness (QED) is 0.756. The van der Waals surface area contributed by atoms with E-state index in [1.54, 1.807) is 4.90 Å². The third kappa shape index (κ3) is 2.94. The highest BCUT2D eigenvalue weighted by Gasteiger charge is 2.30. The van der Waals surface area contributed by atoms with E-state index in [0.29, 0.717) is 13.0 Å². The lowest BCUT2D eigenvalue weighted by atomic mass is 10.1. The Labute approximate surface area is 91.0 Å². The molecule has 1 N–H and O–H groups in total. The average Bonchev–Trinajstić information content (AvgIpc) is 2.28. The van der Waals surface area contributed by atoms with Gasteiger partial charge in [-0.3, -0.25) is 9.59 Å². The van der Waals surface area contributed by atoms with E-state index in [-0.39, 0.29) is 23.9 Å². The summed E-state index contributed by atoms with van der Waals surface area (Å²) in [6, 6.07) is -0.142. The number of carbonyl (C=O) groups excluding carboxylic acids is 2. The molecule has 1 unspecified atom stereocenters. The first kappa shape index (κ1) is 12.0. The van der Waals surface area contributed by atoms with Crippen LogP contribution < -0.4 is 5.32 Å². The molecule has 0 spiro atoms. The summed E-state index contributed by atoms with van der Waals surface area (Å²) >= 11 is 0. The second kappa shape index (κ2) is 5.14. The molecule has 1 heterocycles. The number of hydrogen-bond donors (Lipinski definition) is 1. The molecule has 0 aromatic rings. The predicted molar refractivity (Wildman–Crippen MR) is 58.3 cm³/mol. The number of carbonyl (C=O) groups is 2. The van der Waals surface area contributed by atoms with Gasteiger partial charge in [-0.15, -0.1) is 0 Å². The highest BCUT2D eigenvalue weighted by molar-refractivity contribution is 5.90. The van der Waals surface area contributed by atoms with E-state index in [9.17, 15) is 9.59 Å². The van der Waals surface area contributed by atoms with Gasteiger partial charge in [0.1, 0.15) is 6.04 Å². The summed E-state index contributed by atoms with van der Waals surface area (Å²) in [6.07, 6.45) is 2.06. The first-order chi connectivity index (χ1) is 7.06. The van der Waals surface area contributed by atoms with Crippen LogP contribution in [-0.4, -0.2) is 35.3 Å². The van der Waals surface area contributed by atoms with Crippen LogP contribution in [0.5, 0.6) is 0 Å². The van der Waals surface area contributed by atoms with Gasteiger partial charge in [-0.2, -0.15) is 0 Å². The van der Waals surface area contributed by atoms with Crippen LogP contribution in [0.15, 0.2) is 0 Å². The summed E-state index contributed by atoms with van der Waals surface area (Å²) in [5, 5.41) is 2.78. The Hall–Kier alpha value is -1.06. The lowest BCUT2D eigenvalue weighted by Gasteiger charge is -2.27. The molecule has 1 rings (SSSR count). The van der Waals surface area contributed by atoms with Crippen molar-refractivity contribution in [2.75, 3.05) is 6.54 Å². The molecule has 1 atom stereocenters. The summed E-state index contributed by atoms with van der Waals surface area (Å²) in [5.74, 6) is 0.0580. The van der Waals surface area contributed by atoms with Gasteiger partial charge in [0.2, 0.25) is 11.8 Å². The van der Waals surface area contributed by atoms with Crippen LogP contribution in [0, 0.1) is 0 Å². The fraction of sp³-hybridized carbons (Fsp3) is 0.818. The van der Waals surface area contributed by atoms with E-state index in [1.807, 2.05) is 20.8 Å². The zero-order valence-corrected chi connectivity index (χ0v) is 9.75. The molecule has 1 saturated heterocycles. The van der Waals surface area contributed by atoms with Crippen molar-refractivity contribution in [2.45, 2.75) is 52.1 Å². The van der Waals surface area contributed by atoms with Crippen LogP contribution in [0.4, 0.5) is 0 Å². The third-order valence-electron chi connectivity index (χ3n) is 2.70. The molecular weight excluding hydrogens is 192 g/mol. The summed E-state index contributed by atoms with van der Waals surface area (Å²) in [6.45, 7) is 6.53. The second-order valence-corrected chi connectivity index (χ2v) is 4.28. The summed E-state index contributed by atoms with van der Waals surface area (Å²) in [4.78, 5) is 25.2. The fourth-order valence-electron chi connectivity index (χ4n) is 1.86. The summed E-state index contributed by atoms with van der Waals surface area (Å²) < 4.78 is 0. The maximum atomic E-state index is 12.0. The monoisotopic (exact) mass is 212 g/mol. The van der Waals surface area contributed by atoms with E-state index < -0.39 is 0 Å².